The van der Waals surface area contributed by atoms with Crippen molar-refractivity contribution in [2.24, 2.45) is 5.92 Å². The lowest BCUT2D eigenvalue weighted by Gasteiger charge is -2.18. The van der Waals surface area contributed by atoms with Crippen molar-refractivity contribution in [1.82, 2.24) is 0 Å². The molecule has 2 amide bonds. The number of hydrogen-bond donors (Lipinski definition) is 1. The first-order valence-electron chi connectivity index (χ1n) is 7.81. The van der Waals surface area contributed by atoms with Gasteiger partial charge in [0.15, 0.2) is 0 Å². The van der Waals surface area contributed by atoms with Crippen LogP contribution in [-0.4, -0.2) is 18.4 Å². The molecule has 2 aromatic rings. The number of carbonyl (C=O) groups is 2. The third-order valence-electron chi connectivity index (χ3n) is 4.14. The second-order valence-corrected chi connectivity index (χ2v) is 6.26. The maximum absolute atomic E-state index is 12.9. The van der Waals surface area contributed by atoms with E-state index < -0.39 is 29.5 Å². The van der Waals surface area contributed by atoms with Gasteiger partial charge in [-0.1, -0.05) is 29.8 Å². The van der Waals surface area contributed by atoms with Crippen LogP contribution in [0.2, 0.25) is 5.02 Å². The van der Waals surface area contributed by atoms with E-state index in [1.54, 1.807) is 24.3 Å². The molecule has 8 heteroatoms. The number of nitrogens with one attached hydrogen (secondary N) is 1. The highest BCUT2D eigenvalue weighted by molar-refractivity contribution is 6.33. The summed E-state index contributed by atoms with van der Waals surface area (Å²) in [7, 11) is 0. The number of anilines is 2. The molecule has 1 fully saturated rings. The Kier molecular flexibility index (Phi) is 4.91. The molecule has 2 aromatic carbocycles. The van der Waals surface area contributed by atoms with Crippen LogP contribution in [0.15, 0.2) is 48.5 Å². The Morgan fingerprint density at radius 2 is 1.88 bits per heavy atom. The fourth-order valence-corrected chi connectivity index (χ4v) is 3.00. The van der Waals surface area contributed by atoms with Gasteiger partial charge in [0, 0.05) is 12.2 Å². The molecule has 0 saturated carbocycles. The summed E-state index contributed by atoms with van der Waals surface area (Å²) in [6.45, 7) is 0.167. The van der Waals surface area contributed by atoms with Crippen LogP contribution in [0.1, 0.15) is 12.0 Å². The van der Waals surface area contributed by atoms with E-state index in [1.807, 2.05) is 0 Å². The number of rotatable bonds is 3. The number of carbonyl (C=O) groups excluding carboxylic acids is 2. The SMILES string of the molecule is O=C(Nc1ccccc1Cl)[C@@H]1CCN(c2cccc(C(F)(F)F)c2)C1=O. The Hall–Kier alpha value is -2.54. The van der Waals surface area contributed by atoms with E-state index in [-0.39, 0.29) is 18.7 Å². The minimum Gasteiger partial charge on any atom is -0.324 e. The second kappa shape index (κ2) is 6.99. The smallest absolute Gasteiger partial charge is 0.324 e. The van der Waals surface area contributed by atoms with Gasteiger partial charge in [-0.2, -0.15) is 13.2 Å². The minimum atomic E-state index is -4.50. The van der Waals surface area contributed by atoms with E-state index in [0.29, 0.717) is 10.7 Å². The molecule has 0 bridgehead atoms. The summed E-state index contributed by atoms with van der Waals surface area (Å²) in [4.78, 5) is 26.1. The maximum atomic E-state index is 12.9. The predicted molar refractivity (Wildman–Crippen MR) is 92.0 cm³/mol. The lowest BCUT2D eigenvalue weighted by molar-refractivity contribution is -0.137. The van der Waals surface area contributed by atoms with Crippen molar-refractivity contribution in [3.05, 3.63) is 59.1 Å². The molecule has 3 rings (SSSR count). The Labute approximate surface area is 152 Å². The van der Waals surface area contributed by atoms with Gasteiger partial charge in [-0.15, -0.1) is 0 Å². The van der Waals surface area contributed by atoms with Gasteiger partial charge in [0.05, 0.1) is 16.3 Å². The summed E-state index contributed by atoms with van der Waals surface area (Å²) in [5, 5.41) is 2.93. The van der Waals surface area contributed by atoms with Gasteiger partial charge in [0.25, 0.3) is 0 Å². The molecule has 1 saturated heterocycles. The number of para-hydroxylation sites is 1. The number of nitrogens with zero attached hydrogens (tertiary/aromatic N) is 1. The third kappa shape index (κ3) is 3.67. The predicted octanol–water partition coefficient (Wildman–Crippen LogP) is 4.35. The van der Waals surface area contributed by atoms with Crippen molar-refractivity contribution in [1.29, 1.82) is 0 Å². The quantitative estimate of drug-likeness (QED) is 0.802. The average molecular weight is 383 g/mol. The Bertz CT molecular complexity index is 854. The van der Waals surface area contributed by atoms with Crippen LogP contribution in [-0.2, 0) is 15.8 Å². The first-order valence-corrected chi connectivity index (χ1v) is 8.19. The average Bonchev–Trinajstić information content (AvgIpc) is 2.98. The highest BCUT2D eigenvalue weighted by atomic mass is 35.5. The molecular formula is C18H14ClF3N2O2. The van der Waals surface area contributed by atoms with Crippen LogP contribution in [0.25, 0.3) is 0 Å². The Morgan fingerprint density at radius 3 is 2.58 bits per heavy atom. The standard InChI is InChI=1S/C18H14ClF3N2O2/c19-14-6-1-2-7-15(14)23-16(25)13-8-9-24(17(13)26)12-5-3-4-11(10-12)18(20,21)22/h1-7,10,13H,8-9H2,(H,23,25)/t13-/m0/s1. The molecule has 0 spiro atoms. The maximum Gasteiger partial charge on any atom is 0.416 e. The highest BCUT2D eigenvalue weighted by Gasteiger charge is 2.39. The van der Waals surface area contributed by atoms with E-state index in [1.165, 1.54) is 17.0 Å². The lowest BCUT2D eigenvalue weighted by atomic mass is 10.1. The molecule has 1 aliphatic heterocycles. The fraction of sp³-hybridized carbons (Fsp3) is 0.222. The van der Waals surface area contributed by atoms with Gasteiger partial charge in [-0.05, 0) is 36.8 Å². The molecule has 1 aliphatic rings. The van der Waals surface area contributed by atoms with Crippen LogP contribution in [0.5, 0.6) is 0 Å². The number of halogens is 4. The normalized spacial score (nSPS) is 17.5. The topological polar surface area (TPSA) is 49.4 Å². The molecule has 4 nitrogen and oxygen atoms in total. The number of amides is 2. The zero-order valence-corrected chi connectivity index (χ0v) is 14.1. The van der Waals surface area contributed by atoms with Gasteiger partial charge >= 0.3 is 6.18 Å². The lowest BCUT2D eigenvalue weighted by Crippen LogP contribution is -2.33. The van der Waals surface area contributed by atoms with E-state index in [9.17, 15) is 22.8 Å². The number of benzene rings is 2. The van der Waals surface area contributed by atoms with Crippen LogP contribution < -0.4 is 10.2 Å². The Morgan fingerprint density at radius 1 is 1.15 bits per heavy atom. The molecular weight excluding hydrogens is 369 g/mol. The summed E-state index contributed by atoms with van der Waals surface area (Å²) in [5.41, 5.74) is -0.339. The van der Waals surface area contributed by atoms with E-state index in [0.717, 1.165) is 12.1 Å². The van der Waals surface area contributed by atoms with Crippen molar-refractivity contribution in [2.75, 3.05) is 16.8 Å². The zero-order chi connectivity index (χ0) is 18.9. The van der Waals surface area contributed by atoms with Gasteiger partial charge < -0.3 is 10.2 Å². The molecule has 0 unspecified atom stereocenters. The Balaban J connectivity index is 1.76. The van der Waals surface area contributed by atoms with Crippen molar-refractivity contribution < 1.29 is 22.8 Å². The number of hydrogen-bond acceptors (Lipinski definition) is 2. The van der Waals surface area contributed by atoms with Crippen LogP contribution >= 0.6 is 11.6 Å². The molecule has 0 aromatic heterocycles. The zero-order valence-electron chi connectivity index (χ0n) is 13.4. The van der Waals surface area contributed by atoms with Crippen LogP contribution in [0, 0.1) is 5.92 Å². The summed E-state index contributed by atoms with van der Waals surface area (Å²) in [6.07, 6.45) is -4.29. The van der Waals surface area contributed by atoms with E-state index in [4.69, 9.17) is 11.6 Å². The summed E-state index contributed by atoms with van der Waals surface area (Å²) in [6, 6.07) is 11.1. The summed E-state index contributed by atoms with van der Waals surface area (Å²) in [5.74, 6) is -2.03. The highest BCUT2D eigenvalue weighted by Crippen LogP contribution is 2.34. The van der Waals surface area contributed by atoms with Gasteiger partial charge in [0.2, 0.25) is 11.8 Å². The fourth-order valence-electron chi connectivity index (χ4n) is 2.81. The monoisotopic (exact) mass is 382 g/mol. The molecule has 0 radical (unpaired) electrons. The molecule has 26 heavy (non-hydrogen) atoms. The van der Waals surface area contributed by atoms with Crippen molar-refractivity contribution >= 4 is 34.8 Å². The van der Waals surface area contributed by atoms with Crippen molar-refractivity contribution in [2.45, 2.75) is 12.6 Å². The summed E-state index contributed by atoms with van der Waals surface area (Å²) >= 11 is 5.98. The molecule has 1 heterocycles. The van der Waals surface area contributed by atoms with Gasteiger partial charge in [-0.25, -0.2) is 0 Å². The van der Waals surface area contributed by atoms with Crippen LogP contribution in [0.4, 0.5) is 24.5 Å². The first-order chi connectivity index (χ1) is 12.3. The van der Waals surface area contributed by atoms with Crippen molar-refractivity contribution in [3.63, 3.8) is 0 Å². The minimum absolute atomic E-state index is 0.123. The molecule has 1 N–H and O–H groups in total. The molecule has 136 valence electrons. The second-order valence-electron chi connectivity index (χ2n) is 5.85. The number of alkyl halides is 3. The van der Waals surface area contributed by atoms with Gasteiger partial charge in [0.1, 0.15) is 5.92 Å². The van der Waals surface area contributed by atoms with Crippen LogP contribution in [0.3, 0.4) is 0 Å². The third-order valence-corrected chi connectivity index (χ3v) is 4.47. The van der Waals surface area contributed by atoms with Crippen molar-refractivity contribution in [3.8, 4) is 0 Å². The first kappa shape index (κ1) is 18.3. The van der Waals surface area contributed by atoms with E-state index in [2.05, 4.69) is 5.32 Å². The summed E-state index contributed by atoms with van der Waals surface area (Å²) < 4.78 is 38.6. The largest absolute Gasteiger partial charge is 0.416 e. The molecule has 1 atom stereocenters. The molecule has 0 aliphatic carbocycles. The van der Waals surface area contributed by atoms with Gasteiger partial charge in [-0.3, -0.25) is 9.59 Å². The van der Waals surface area contributed by atoms with E-state index >= 15 is 0 Å².